The first-order valence-electron chi connectivity index (χ1n) is 9.20. The van der Waals surface area contributed by atoms with E-state index >= 15 is 0 Å². The number of carbonyl (C=O) groups excluding carboxylic acids is 1. The molecule has 0 aromatic heterocycles. The van der Waals surface area contributed by atoms with Gasteiger partial charge in [0, 0.05) is 10.0 Å². The van der Waals surface area contributed by atoms with Crippen molar-refractivity contribution >= 4 is 54.9 Å². The fourth-order valence-electron chi connectivity index (χ4n) is 4.63. The summed E-state index contributed by atoms with van der Waals surface area (Å²) in [5.74, 6) is -0.368. The van der Waals surface area contributed by atoms with Crippen molar-refractivity contribution in [1.29, 1.82) is 0 Å². The van der Waals surface area contributed by atoms with Crippen molar-refractivity contribution in [2.75, 3.05) is 0 Å². The highest BCUT2D eigenvalue weighted by molar-refractivity contribution is 9.10. The third-order valence-corrected chi connectivity index (χ3v) is 14.7. The number of carbonyl (C=O) groups is 1. The number of rotatable bonds is 2. The van der Waals surface area contributed by atoms with Gasteiger partial charge in [0.15, 0.2) is 0 Å². The minimum Gasteiger partial charge on any atom is -0.449 e. The van der Waals surface area contributed by atoms with E-state index in [4.69, 9.17) is 9.85 Å². The van der Waals surface area contributed by atoms with Crippen molar-refractivity contribution in [3.05, 3.63) is 51.0 Å². The Kier molecular flexibility index (Phi) is 4.20. The van der Waals surface area contributed by atoms with E-state index in [0.29, 0.717) is 5.56 Å². The summed E-state index contributed by atoms with van der Waals surface area (Å²) in [6.45, 7) is 11.0. The lowest BCUT2D eigenvalue weighted by molar-refractivity contribution is 0.100. The Hall–Kier alpha value is -1.48. The van der Waals surface area contributed by atoms with Crippen molar-refractivity contribution in [3.63, 3.8) is 0 Å². The standard InChI is InChI=1S/C21H24BrNO2Si2/c1-12-9-13-7-6-8-14(15(13)10-12)18-16(21(23)24)11-17-19(22)20(18)27(4,5)25-26(17,2)3/h6-8,10-11H,9H2,1-5H3,(H2,23,24). The van der Waals surface area contributed by atoms with Crippen LogP contribution in [-0.2, 0) is 10.5 Å². The average Bonchev–Trinajstić information content (AvgIpc) is 2.91. The average molecular weight is 459 g/mol. The number of amides is 1. The number of halogens is 1. The highest BCUT2D eigenvalue weighted by Gasteiger charge is 2.46. The van der Waals surface area contributed by atoms with Gasteiger partial charge >= 0.3 is 0 Å². The normalized spacial score (nSPS) is 18.8. The molecule has 1 heterocycles. The molecule has 140 valence electrons. The highest BCUT2D eigenvalue weighted by Crippen LogP contribution is 2.39. The maximum Gasteiger partial charge on any atom is 0.249 e. The molecule has 2 N–H and O–H groups in total. The second-order valence-corrected chi connectivity index (χ2v) is 17.3. The van der Waals surface area contributed by atoms with Crippen LogP contribution in [0.3, 0.4) is 0 Å². The van der Waals surface area contributed by atoms with Gasteiger partial charge in [-0.15, -0.1) is 0 Å². The van der Waals surface area contributed by atoms with Crippen LogP contribution in [0.5, 0.6) is 0 Å². The van der Waals surface area contributed by atoms with Gasteiger partial charge in [0.25, 0.3) is 0 Å². The van der Waals surface area contributed by atoms with Crippen molar-refractivity contribution < 1.29 is 8.91 Å². The highest BCUT2D eigenvalue weighted by atomic mass is 79.9. The zero-order valence-electron chi connectivity index (χ0n) is 16.4. The number of hydrogen-bond acceptors (Lipinski definition) is 2. The second-order valence-electron chi connectivity index (χ2n) is 8.57. The molecule has 0 saturated carbocycles. The molecule has 2 aromatic carbocycles. The molecule has 4 rings (SSSR count). The molecule has 3 nitrogen and oxygen atoms in total. The fourth-order valence-corrected chi connectivity index (χ4v) is 16.6. The van der Waals surface area contributed by atoms with Gasteiger partial charge < -0.3 is 9.85 Å². The molecule has 0 radical (unpaired) electrons. The molecule has 1 aliphatic heterocycles. The molecular formula is C21H24BrNO2Si2. The zero-order chi connectivity index (χ0) is 19.7. The third-order valence-electron chi connectivity index (χ3n) is 5.62. The molecule has 2 aliphatic rings. The Labute approximate surface area is 171 Å². The molecule has 2 bridgehead atoms. The van der Waals surface area contributed by atoms with Crippen molar-refractivity contribution in [2.24, 2.45) is 5.73 Å². The van der Waals surface area contributed by atoms with E-state index in [0.717, 1.165) is 32.4 Å². The van der Waals surface area contributed by atoms with E-state index in [1.165, 1.54) is 16.7 Å². The van der Waals surface area contributed by atoms with Gasteiger partial charge in [0.05, 0.1) is 0 Å². The molecule has 0 unspecified atom stereocenters. The Morgan fingerprint density at radius 2 is 1.89 bits per heavy atom. The number of benzene rings is 2. The van der Waals surface area contributed by atoms with E-state index in [1.807, 2.05) is 6.07 Å². The van der Waals surface area contributed by atoms with Crippen LogP contribution >= 0.6 is 15.9 Å². The summed E-state index contributed by atoms with van der Waals surface area (Å²) in [6.07, 6.45) is 3.20. The van der Waals surface area contributed by atoms with Gasteiger partial charge in [0.1, 0.15) is 0 Å². The summed E-state index contributed by atoms with van der Waals surface area (Å²) in [4.78, 5) is 12.5. The lowest BCUT2D eigenvalue weighted by Gasteiger charge is -2.43. The Morgan fingerprint density at radius 3 is 2.56 bits per heavy atom. The molecule has 0 spiro atoms. The predicted octanol–water partition coefficient (Wildman–Crippen LogP) is 4.03. The van der Waals surface area contributed by atoms with E-state index < -0.39 is 16.6 Å². The van der Waals surface area contributed by atoms with Gasteiger partial charge in [-0.25, -0.2) is 0 Å². The molecule has 0 saturated heterocycles. The maximum atomic E-state index is 12.5. The van der Waals surface area contributed by atoms with Gasteiger partial charge in [0.2, 0.25) is 22.5 Å². The monoisotopic (exact) mass is 457 g/mol. The predicted molar refractivity (Wildman–Crippen MR) is 121 cm³/mol. The summed E-state index contributed by atoms with van der Waals surface area (Å²) < 4.78 is 7.86. The van der Waals surface area contributed by atoms with Gasteiger partial charge in [-0.3, -0.25) is 4.79 Å². The van der Waals surface area contributed by atoms with Crippen molar-refractivity contribution in [3.8, 4) is 11.1 Å². The van der Waals surface area contributed by atoms with Crippen molar-refractivity contribution in [1.82, 2.24) is 0 Å². The molecule has 1 aliphatic carbocycles. The number of allylic oxidation sites excluding steroid dienone is 1. The van der Waals surface area contributed by atoms with Crippen LogP contribution in [0.2, 0.25) is 26.2 Å². The molecular weight excluding hydrogens is 434 g/mol. The van der Waals surface area contributed by atoms with E-state index in [9.17, 15) is 4.79 Å². The van der Waals surface area contributed by atoms with Crippen LogP contribution < -0.4 is 16.1 Å². The first-order chi connectivity index (χ1) is 12.5. The number of hydrogen-bond donors (Lipinski definition) is 1. The van der Waals surface area contributed by atoms with Crippen LogP contribution in [0.4, 0.5) is 0 Å². The third kappa shape index (κ3) is 2.81. The quantitative estimate of drug-likeness (QED) is 0.691. The van der Waals surface area contributed by atoms with Gasteiger partial charge in [-0.05, 0) is 78.2 Å². The summed E-state index contributed by atoms with van der Waals surface area (Å²) in [5, 5.41) is 2.29. The lowest BCUT2D eigenvalue weighted by Crippen LogP contribution is -2.65. The van der Waals surface area contributed by atoms with Crippen molar-refractivity contribution in [2.45, 2.75) is 39.5 Å². The largest absolute Gasteiger partial charge is 0.449 e. The minimum absolute atomic E-state index is 0.368. The summed E-state index contributed by atoms with van der Waals surface area (Å²) >= 11 is 3.89. The summed E-state index contributed by atoms with van der Waals surface area (Å²) in [7, 11) is -4.32. The molecule has 0 fully saturated rings. The molecule has 6 heteroatoms. The smallest absolute Gasteiger partial charge is 0.249 e. The Balaban J connectivity index is 2.15. The Morgan fingerprint density at radius 1 is 1.19 bits per heavy atom. The SMILES string of the molecule is CC1=Cc2c(cccc2-c2c(C(N)=O)cc3c(Br)c2[Si](C)(C)O[Si]3(C)C)C1. The van der Waals surface area contributed by atoms with Gasteiger partial charge in [-0.2, -0.15) is 0 Å². The lowest BCUT2D eigenvalue weighted by atomic mass is 9.93. The fraction of sp³-hybridized carbons (Fsp3) is 0.286. The van der Waals surface area contributed by atoms with Crippen LogP contribution in [0, 0.1) is 0 Å². The van der Waals surface area contributed by atoms with Gasteiger partial charge in [-0.1, -0.05) is 45.8 Å². The molecule has 1 amide bonds. The minimum atomic E-state index is -2.22. The first kappa shape index (κ1) is 18.9. The number of nitrogens with two attached hydrogens (primary N) is 1. The van der Waals surface area contributed by atoms with Crippen LogP contribution in [0.15, 0.2) is 34.3 Å². The van der Waals surface area contributed by atoms with E-state index in [-0.39, 0.29) is 5.91 Å². The second kappa shape index (κ2) is 6.01. The summed E-state index contributed by atoms with van der Waals surface area (Å²) in [6, 6.07) is 8.34. The maximum absolute atomic E-state index is 12.5. The zero-order valence-corrected chi connectivity index (χ0v) is 20.0. The van der Waals surface area contributed by atoms with Crippen LogP contribution in [-0.4, -0.2) is 22.5 Å². The number of fused-ring (bicyclic) bond motifs is 3. The van der Waals surface area contributed by atoms with Crippen LogP contribution in [0.1, 0.15) is 28.4 Å². The molecule has 0 atom stereocenters. The van der Waals surface area contributed by atoms with E-state index in [1.54, 1.807) is 0 Å². The van der Waals surface area contributed by atoms with E-state index in [2.05, 4.69) is 73.3 Å². The molecule has 27 heavy (non-hydrogen) atoms. The molecule has 2 aromatic rings. The Bertz CT molecular complexity index is 1040. The summed E-state index contributed by atoms with van der Waals surface area (Å²) in [5.41, 5.74) is 12.4. The van der Waals surface area contributed by atoms with Crippen LogP contribution in [0.25, 0.3) is 17.2 Å². The topological polar surface area (TPSA) is 52.3 Å². The number of primary amides is 1. The first-order valence-corrected chi connectivity index (χ1v) is 15.8.